The average Bonchev–Trinajstić information content (AvgIpc) is 3.04. The maximum atomic E-state index is 5.76. The Hall–Kier alpha value is -1.67. The molecule has 0 aliphatic carbocycles. The number of hydrogen-bond acceptors (Lipinski definition) is 6. The number of nitrogens with zero attached hydrogens (tertiary/aromatic N) is 3. The van der Waals surface area contributed by atoms with E-state index < -0.39 is 0 Å². The molecule has 25 heavy (non-hydrogen) atoms. The molecule has 0 radical (unpaired) electrons. The number of aryl methyl sites for hydroxylation is 1. The first kappa shape index (κ1) is 19.7. The van der Waals surface area contributed by atoms with Crippen molar-refractivity contribution in [3.05, 3.63) is 11.7 Å². The van der Waals surface area contributed by atoms with E-state index in [2.05, 4.69) is 32.7 Å². The maximum absolute atomic E-state index is 5.76. The zero-order valence-electron chi connectivity index (χ0n) is 15.4. The van der Waals surface area contributed by atoms with Crippen LogP contribution in [0.5, 0.6) is 0 Å². The van der Waals surface area contributed by atoms with Crippen LogP contribution in [0, 0.1) is 12.8 Å². The van der Waals surface area contributed by atoms with Gasteiger partial charge in [0.15, 0.2) is 11.8 Å². The summed E-state index contributed by atoms with van der Waals surface area (Å²) >= 11 is 0. The molecular formula is C17H31N5O3. The molecule has 0 atom stereocenters. The van der Waals surface area contributed by atoms with Crippen molar-refractivity contribution in [2.24, 2.45) is 10.9 Å². The predicted octanol–water partition coefficient (Wildman–Crippen LogP) is 1.31. The largest absolute Gasteiger partial charge is 0.381 e. The minimum absolute atomic E-state index is 0.641. The highest BCUT2D eigenvalue weighted by molar-refractivity contribution is 5.79. The highest BCUT2D eigenvalue weighted by atomic mass is 16.5. The second-order valence-electron chi connectivity index (χ2n) is 6.16. The lowest BCUT2D eigenvalue weighted by atomic mass is 10.0. The van der Waals surface area contributed by atoms with Crippen LogP contribution < -0.4 is 10.6 Å². The topological polar surface area (TPSA) is 93.8 Å². The molecule has 1 fully saturated rings. The second kappa shape index (κ2) is 11.8. The molecule has 1 aliphatic heterocycles. The van der Waals surface area contributed by atoms with E-state index in [1.807, 2.05) is 6.92 Å². The van der Waals surface area contributed by atoms with Gasteiger partial charge in [-0.05, 0) is 39.0 Å². The summed E-state index contributed by atoms with van der Waals surface area (Å²) in [6.45, 7) is 9.47. The molecular weight excluding hydrogens is 322 g/mol. The van der Waals surface area contributed by atoms with E-state index in [0.717, 1.165) is 64.7 Å². The number of rotatable bonds is 10. The number of aromatic nitrogens is 2. The smallest absolute Gasteiger partial charge is 0.228 e. The Morgan fingerprint density at radius 1 is 1.32 bits per heavy atom. The third kappa shape index (κ3) is 8.31. The van der Waals surface area contributed by atoms with Gasteiger partial charge in [0.1, 0.15) is 0 Å². The Morgan fingerprint density at radius 3 is 2.88 bits per heavy atom. The van der Waals surface area contributed by atoms with Crippen LogP contribution in [0.4, 0.5) is 0 Å². The van der Waals surface area contributed by atoms with Gasteiger partial charge in [0.05, 0.1) is 0 Å². The standard InChI is InChI=1S/C17H31N5O3/c1-3-18-17(20-9-5-16-21-14(2)22-25-16)19-8-4-10-24-13-15-6-11-23-12-7-15/h15H,3-13H2,1-2H3,(H2,18,19,20). The van der Waals surface area contributed by atoms with Gasteiger partial charge in [0, 0.05) is 52.5 Å². The van der Waals surface area contributed by atoms with Crippen molar-refractivity contribution in [3.63, 3.8) is 0 Å². The summed E-state index contributed by atoms with van der Waals surface area (Å²) in [5.74, 6) is 2.77. The molecule has 0 aromatic carbocycles. The fourth-order valence-electron chi connectivity index (χ4n) is 2.59. The van der Waals surface area contributed by atoms with E-state index >= 15 is 0 Å². The first-order valence-electron chi connectivity index (χ1n) is 9.24. The van der Waals surface area contributed by atoms with Gasteiger partial charge in [-0.25, -0.2) is 0 Å². The van der Waals surface area contributed by atoms with Crippen molar-refractivity contribution in [2.75, 3.05) is 46.1 Å². The van der Waals surface area contributed by atoms with Crippen molar-refractivity contribution in [3.8, 4) is 0 Å². The van der Waals surface area contributed by atoms with E-state index in [-0.39, 0.29) is 0 Å². The summed E-state index contributed by atoms with van der Waals surface area (Å²) in [6, 6.07) is 0. The lowest BCUT2D eigenvalue weighted by molar-refractivity contribution is 0.0205. The molecule has 0 unspecified atom stereocenters. The van der Waals surface area contributed by atoms with Gasteiger partial charge in [0.25, 0.3) is 0 Å². The van der Waals surface area contributed by atoms with Gasteiger partial charge in [-0.15, -0.1) is 0 Å². The molecule has 8 heteroatoms. The highest BCUT2D eigenvalue weighted by Crippen LogP contribution is 2.14. The van der Waals surface area contributed by atoms with Crippen molar-refractivity contribution in [2.45, 2.75) is 39.5 Å². The van der Waals surface area contributed by atoms with Crippen LogP contribution in [0.1, 0.15) is 37.9 Å². The van der Waals surface area contributed by atoms with Gasteiger partial charge in [-0.2, -0.15) is 4.98 Å². The number of guanidine groups is 1. The first-order chi connectivity index (χ1) is 12.3. The van der Waals surface area contributed by atoms with E-state index in [9.17, 15) is 0 Å². The van der Waals surface area contributed by atoms with Crippen molar-refractivity contribution < 1.29 is 14.0 Å². The number of nitrogens with one attached hydrogen (secondary N) is 2. The van der Waals surface area contributed by atoms with E-state index in [1.54, 1.807) is 0 Å². The zero-order valence-corrected chi connectivity index (χ0v) is 15.4. The van der Waals surface area contributed by atoms with E-state index in [4.69, 9.17) is 14.0 Å². The molecule has 1 aliphatic rings. The highest BCUT2D eigenvalue weighted by Gasteiger charge is 2.13. The van der Waals surface area contributed by atoms with E-state index in [0.29, 0.717) is 30.6 Å². The molecule has 1 aromatic rings. The first-order valence-corrected chi connectivity index (χ1v) is 9.24. The Balaban J connectivity index is 1.56. The number of aliphatic imine (C=N–C) groups is 1. The molecule has 8 nitrogen and oxygen atoms in total. The summed E-state index contributed by atoms with van der Waals surface area (Å²) in [7, 11) is 0. The summed E-state index contributed by atoms with van der Waals surface area (Å²) in [6.07, 6.45) is 3.83. The second-order valence-corrected chi connectivity index (χ2v) is 6.16. The lowest BCUT2D eigenvalue weighted by Crippen LogP contribution is -2.38. The molecule has 0 bridgehead atoms. The van der Waals surface area contributed by atoms with Crippen molar-refractivity contribution in [1.29, 1.82) is 0 Å². The fourth-order valence-corrected chi connectivity index (χ4v) is 2.59. The van der Waals surface area contributed by atoms with Crippen LogP contribution in [0.2, 0.25) is 0 Å². The quantitative estimate of drug-likeness (QED) is 0.372. The molecule has 0 amide bonds. The average molecular weight is 353 g/mol. The molecule has 2 heterocycles. The molecule has 0 spiro atoms. The minimum Gasteiger partial charge on any atom is -0.381 e. The summed E-state index contributed by atoms with van der Waals surface area (Å²) in [5.41, 5.74) is 0. The Bertz CT molecular complexity index is 500. The third-order valence-electron chi connectivity index (χ3n) is 3.96. The zero-order chi connectivity index (χ0) is 17.7. The normalized spacial score (nSPS) is 16.2. The Labute approximate surface area is 149 Å². The molecule has 142 valence electrons. The molecule has 1 saturated heterocycles. The molecule has 0 saturated carbocycles. The van der Waals surface area contributed by atoms with Gasteiger partial charge in [0.2, 0.25) is 5.89 Å². The predicted molar refractivity (Wildman–Crippen MR) is 95.7 cm³/mol. The third-order valence-corrected chi connectivity index (χ3v) is 3.96. The van der Waals surface area contributed by atoms with Crippen LogP contribution in [0.3, 0.4) is 0 Å². The Kier molecular flexibility index (Phi) is 9.28. The van der Waals surface area contributed by atoms with Crippen LogP contribution in [-0.2, 0) is 15.9 Å². The van der Waals surface area contributed by atoms with Crippen molar-refractivity contribution in [1.82, 2.24) is 20.8 Å². The summed E-state index contributed by atoms with van der Waals surface area (Å²) in [5, 5.41) is 10.3. The fraction of sp³-hybridized carbons (Fsp3) is 0.824. The van der Waals surface area contributed by atoms with Gasteiger partial charge in [-0.1, -0.05) is 5.16 Å². The molecule has 1 aromatic heterocycles. The van der Waals surface area contributed by atoms with Crippen LogP contribution in [-0.4, -0.2) is 62.2 Å². The minimum atomic E-state index is 0.641. The van der Waals surface area contributed by atoms with Gasteiger partial charge >= 0.3 is 0 Å². The van der Waals surface area contributed by atoms with Gasteiger partial charge in [-0.3, -0.25) is 4.99 Å². The van der Waals surface area contributed by atoms with Crippen LogP contribution in [0.15, 0.2) is 9.52 Å². The lowest BCUT2D eigenvalue weighted by Gasteiger charge is -2.21. The number of ether oxygens (including phenoxy) is 2. The van der Waals surface area contributed by atoms with E-state index in [1.165, 1.54) is 0 Å². The summed E-state index contributed by atoms with van der Waals surface area (Å²) < 4.78 is 16.2. The van der Waals surface area contributed by atoms with Gasteiger partial charge < -0.3 is 24.6 Å². The Morgan fingerprint density at radius 2 is 2.16 bits per heavy atom. The molecule has 2 rings (SSSR count). The number of hydrogen-bond donors (Lipinski definition) is 2. The molecule has 2 N–H and O–H groups in total. The van der Waals surface area contributed by atoms with Crippen LogP contribution in [0.25, 0.3) is 0 Å². The SMILES string of the molecule is CCNC(=NCCCOCC1CCOCC1)NCCc1nc(C)no1. The van der Waals surface area contributed by atoms with Crippen molar-refractivity contribution >= 4 is 5.96 Å². The van der Waals surface area contributed by atoms with Crippen LogP contribution >= 0.6 is 0 Å². The monoisotopic (exact) mass is 353 g/mol. The summed E-state index contributed by atoms with van der Waals surface area (Å²) in [4.78, 5) is 8.75. The maximum Gasteiger partial charge on any atom is 0.228 e.